The molecule has 0 radical (unpaired) electrons. The molecule has 0 fully saturated rings. The lowest BCUT2D eigenvalue weighted by Crippen LogP contribution is -2.29. The maximum absolute atomic E-state index is 12.3. The normalized spacial score (nSPS) is 15.4. The molecule has 1 amide bonds. The summed E-state index contributed by atoms with van der Waals surface area (Å²) in [6.07, 6.45) is 2.66. The Morgan fingerprint density at radius 3 is 2.68 bits per heavy atom. The lowest BCUT2D eigenvalue weighted by Gasteiger charge is -2.10. The van der Waals surface area contributed by atoms with Gasteiger partial charge in [-0.05, 0) is 49.2 Å². The molecule has 0 saturated carbocycles. The van der Waals surface area contributed by atoms with Crippen molar-refractivity contribution in [2.75, 3.05) is 5.43 Å². The molecule has 1 unspecified atom stereocenters. The Morgan fingerprint density at radius 2 is 1.96 bits per heavy atom. The number of benzene rings is 2. The third-order valence-corrected chi connectivity index (χ3v) is 4.64. The minimum Gasteiger partial charge on any atom is -0.454 e. The molecule has 2 N–H and O–H groups in total. The highest BCUT2D eigenvalue weighted by molar-refractivity contribution is 9.10. The van der Waals surface area contributed by atoms with Crippen LogP contribution in [0.15, 0.2) is 46.9 Å². The van der Waals surface area contributed by atoms with E-state index in [9.17, 15) is 9.59 Å². The van der Waals surface area contributed by atoms with E-state index in [4.69, 9.17) is 4.74 Å². The van der Waals surface area contributed by atoms with E-state index < -0.39 is 0 Å². The van der Waals surface area contributed by atoms with Crippen LogP contribution in [0.4, 0.5) is 5.69 Å². The van der Waals surface area contributed by atoms with E-state index in [1.54, 1.807) is 12.1 Å². The molecule has 3 rings (SSSR count). The van der Waals surface area contributed by atoms with Gasteiger partial charge in [-0.1, -0.05) is 35.3 Å². The van der Waals surface area contributed by atoms with Gasteiger partial charge < -0.3 is 4.74 Å². The van der Waals surface area contributed by atoms with Crippen molar-refractivity contribution in [2.45, 2.75) is 32.3 Å². The molecule has 0 aromatic heterocycles. The first kappa shape index (κ1) is 17.5. The van der Waals surface area contributed by atoms with Gasteiger partial charge in [-0.2, -0.15) is 0 Å². The molecular formula is C19H19BrN2O3. The molecule has 0 bridgehead atoms. The van der Waals surface area contributed by atoms with Gasteiger partial charge in [0.25, 0.3) is 5.91 Å². The van der Waals surface area contributed by atoms with Gasteiger partial charge in [-0.15, -0.1) is 0 Å². The molecule has 130 valence electrons. The highest BCUT2D eigenvalue weighted by atomic mass is 79.9. The summed E-state index contributed by atoms with van der Waals surface area (Å²) in [6, 6.07) is 12.5. The summed E-state index contributed by atoms with van der Waals surface area (Å²) in [5.41, 5.74) is 8.01. The molecule has 1 aliphatic rings. The molecule has 1 aliphatic heterocycles. The fraction of sp³-hybridized carbons (Fsp3) is 0.263. The summed E-state index contributed by atoms with van der Waals surface area (Å²) in [5, 5.41) is 0. The molecule has 6 heteroatoms. The minimum atomic E-state index is -0.355. The van der Waals surface area contributed by atoms with Crippen LogP contribution in [-0.4, -0.2) is 11.9 Å². The number of carbonyl (C=O) groups excluding carboxylic acids is 2. The lowest BCUT2D eigenvalue weighted by molar-refractivity contribution is 0.0364. The van der Waals surface area contributed by atoms with Crippen molar-refractivity contribution in [1.82, 2.24) is 5.43 Å². The summed E-state index contributed by atoms with van der Waals surface area (Å²) in [6.45, 7) is 2.10. The van der Waals surface area contributed by atoms with E-state index in [0.29, 0.717) is 11.1 Å². The predicted octanol–water partition coefficient (Wildman–Crippen LogP) is 4.61. The van der Waals surface area contributed by atoms with Crippen molar-refractivity contribution >= 4 is 33.5 Å². The van der Waals surface area contributed by atoms with E-state index in [2.05, 4.69) is 33.7 Å². The van der Waals surface area contributed by atoms with E-state index in [-0.39, 0.29) is 18.0 Å². The first-order valence-corrected chi connectivity index (χ1v) is 9.04. The molecule has 1 heterocycles. The van der Waals surface area contributed by atoms with Crippen molar-refractivity contribution in [2.24, 2.45) is 0 Å². The maximum atomic E-state index is 12.3. The zero-order valence-corrected chi connectivity index (χ0v) is 15.4. The third-order valence-electron chi connectivity index (χ3n) is 4.12. The van der Waals surface area contributed by atoms with Crippen LogP contribution in [-0.2, 0) is 4.74 Å². The summed E-state index contributed by atoms with van der Waals surface area (Å²) >= 11 is 3.36. The Morgan fingerprint density at radius 1 is 1.20 bits per heavy atom. The van der Waals surface area contributed by atoms with Gasteiger partial charge >= 0.3 is 5.97 Å². The second-order valence-electron chi connectivity index (χ2n) is 5.92. The van der Waals surface area contributed by atoms with Gasteiger partial charge in [0.15, 0.2) is 0 Å². The standard InChI is InChI=1S/C19H19BrN2O3/c1-2-3-4-17-15-10-5-12(11-16(15)19(24)25-17)18(23)22-21-14-8-6-13(20)7-9-14/h5-11,17,21H,2-4H2,1H3,(H,22,23). The molecule has 1 atom stereocenters. The summed E-state index contributed by atoms with van der Waals surface area (Å²) < 4.78 is 6.38. The Balaban J connectivity index is 1.69. The fourth-order valence-electron chi connectivity index (χ4n) is 2.75. The van der Waals surface area contributed by atoms with E-state index in [1.807, 2.05) is 30.3 Å². The molecular weight excluding hydrogens is 384 g/mol. The van der Waals surface area contributed by atoms with Gasteiger partial charge in [0.2, 0.25) is 0 Å². The van der Waals surface area contributed by atoms with Gasteiger partial charge in [-0.3, -0.25) is 15.6 Å². The number of carbonyl (C=O) groups is 2. The van der Waals surface area contributed by atoms with Crippen LogP contribution in [0, 0.1) is 0 Å². The Kier molecular flexibility index (Phi) is 5.38. The van der Waals surface area contributed by atoms with Gasteiger partial charge in [0, 0.05) is 15.6 Å². The smallest absolute Gasteiger partial charge is 0.339 e. The fourth-order valence-corrected chi connectivity index (χ4v) is 3.01. The van der Waals surface area contributed by atoms with Crippen molar-refractivity contribution in [3.8, 4) is 0 Å². The van der Waals surface area contributed by atoms with Crippen LogP contribution in [0.3, 0.4) is 0 Å². The van der Waals surface area contributed by atoms with Crippen LogP contribution in [0.2, 0.25) is 0 Å². The number of hydrazine groups is 1. The number of amides is 1. The first-order chi connectivity index (χ1) is 12.1. The third kappa shape index (κ3) is 4.02. The van der Waals surface area contributed by atoms with E-state index >= 15 is 0 Å². The number of ether oxygens (including phenoxy) is 1. The van der Waals surface area contributed by atoms with Crippen molar-refractivity contribution in [3.63, 3.8) is 0 Å². The van der Waals surface area contributed by atoms with E-state index in [1.165, 1.54) is 0 Å². The molecule has 2 aromatic carbocycles. The maximum Gasteiger partial charge on any atom is 0.339 e. The van der Waals surface area contributed by atoms with Crippen molar-refractivity contribution < 1.29 is 14.3 Å². The second kappa shape index (κ2) is 7.70. The molecule has 0 spiro atoms. The van der Waals surface area contributed by atoms with Gasteiger partial charge in [-0.25, -0.2) is 4.79 Å². The number of nitrogens with one attached hydrogen (secondary N) is 2. The zero-order chi connectivity index (χ0) is 17.8. The van der Waals surface area contributed by atoms with Gasteiger partial charge in [0.1, 0.15) is 6.10 Å². The average Bonchev–Trinajstić information content (AvgIpc) is 2.94. The average molecular weight is 403 g/mol. The van der Waals surface area contributed by atoms with Crippen LogP contribution in [0.25, 0.3) is 0 Å². The molecule has 0 aliphatic carbocycles. The monoisotopic (exact) mass is 402 g/mol. The Hall–Kier alpha value is -2.34. The van der Waals surface area contributed by atoms with Crippen molar-refractivity contribution in [1.29, 1.82) is 0 Å². The number of fused-ring (bicyclic) bond motifs is 1. The number of unbranched alkanes of at least 4 members (excludes halogenated alkanes) is 1. The predicted molar refractivity (Wildman–Crippen MR) is 99.4 cm³/mol. The Bertz CT molecular complexity index is 790. The number of cyclic esters (lactones) is 1. The quantitative estimate of drug-likeness (QED) is 0.546. The van der Waals surface area contributed by atoms with E-state index in [0.717, 1.165) is 35.0 Å². The highest BCUT2D eigenvalue weighted by Crippen LogP contribution is 2.34. The minimum absolute atomic E-state index is 0.194. The SMILES string of the molecule is CCCCC1OC(=O)c2cc(C(=O)NNc3ccc(Br)cc3)ccc21. The first-order valence-electron chi connectivity index (χ1n) is 8.25. The van der Waals surface area contributed by atoms with Crippen LogP contribution >= 0.6 is 15.9 Å². The summed E-state index contributed by atoms with van der Waals surface area (Å²) in [4.78, 5) is 24.4. The lowest BCUT2D eigenvalue weighted by atomic mass is 9.99. The molecule has 5 nitrogen and oxygen atoms in total. The number of hydrogen-bond acceptors (Lipinski definition) is 4. The van der Waals surface area contributed by atoms with Gasteiger partial charge in [0.05, 0.1) is 11.3 Å². The number of hydrogen-bond donors (Lipinski definition) is 2. The molecule has 25 heavy (non-hydrogen) atoms. The zero-order valence-electron chi connectivity index (χ0n) is 13.8. The number of halogens is 1. The molecule has 2 aromatic rings. The van der Waals surface area contributed by atoms with Crippen molar-refractivity contribution in [3.05, 3.63) is 63.6 Å². The molecule has 0 saturated heterocycles. The number of rotatable bonds is 6. The number of anilines is 1. The number of esters is 1. The Labute approximate surface area is 154 Å². The topological polar surface area (TPSA) is 67.4 Å². The highest BCUT2D eigenvalue weighted by Gasteiger charge is 2.31. The van der Waals surface area contributed by atoms with Crippen LogP contribution in [0.5, 0.6) is 0 Å². The summed E-state index contributed by atoms with van der Waals surface area (Å²) in [5.74, 6) is -0.665. The second-order valence-corrected chi connectivity index (χ2v) is 6.84. The van der Waals surface area contributed by atoms with Crippen LogP contribution < -0.4 is 10.9 Å². The largest absolute Gasteiger partial charge is 0.454 e. The van der Waals surface area contributed by atoms with Crippen LogP contribution in [0.1, 0.15) is 58.6 Å². The summed E-state index contributed by atoms with van der Waals surface area (Å²) in [7, 11) is 0.